The summed E-state index contributed by atoms with van der Waals surface area (Å²) in [6.07, 6.45) is 1.88. The molecule has 0 aliphatic carbocycles. The summed E-state index contributed by atoms with van der Waals surface area (Å²) in [6, 6.07) is 7.92. The van der Waals surface area contributed by atoms with Gasteiger partial charge in [0.05, 0.1) is 0 Å². The number of aromatic nitrogens is 1. The van der Waals surface area contributed by atoms with E-state index in [2.05, 4.69) is 10.3 Å². The lowest BCUT2D eigenvalue weighted by atomic mass is 10.3. The number of hydrogen-bond donors (Lipinski definition) is 1. The first kappa shape index (κ1) is 13.6. The predicted octanol–water partition coefficient (Wildman–Crippen LogP) is 3.92. The summed E-state index contributed by atoms with van der Waals surface area (Å²) in [4.78, 5) is 4.61. The Kier molecular flexibility index (Phi) is 4.21. The molecule has 0 aliphatic heterocycles. The molecule has 0 atom stereocenters. The molecule has 1 heterocycles. The van der Waals surface area contributed by atoms with Crippen LogP contribution >= 0.6 is 11.8 Å². The Morgan fingerprint density at radius 2 is 1.95 bits per heavy atom. The Balaban J connectivity index is 2.38. The number of anilines is 1. The number of nitrogens with one attached hydrogen (secondary N) is 1. The molecule has 0 aliphatic rings. The first-order valence-corrected chi connectivity index (χ1v) is 6.73. The number of para-hydroxylation sites is 1. The van der Waals surface area contributed by atoms with Gasteiger partial charge in [-0.15, -0.1) is 11.8 Å². The van der Waals surface area contributed by atoms with E-state index < -0.39 is 11.6 Å². The fraction of sp³-hybridized carbons (Fsp3) is 0.154. The highest BCUT2D eigenvalue weighted by Gasteiger charge is 2.14. The maximum Gasteiger partial charge on any atom is 0.258 e. The van der Waals surface area contributed by atoms with Crippen molar-refractivity contribution in [3.63, 3.8) is 0 Å². The van der Waals surface area contributed by atoms with Crippen molar-refractivity contribution < 1.29 is 13.5 Å². The summed E-state index contributed by atoms with van der Waals surface area (Å²) in [5.74, 6) is -1.43. The van der Waals surface area contributed by atoms with Crippen LogP contribution in [0.3, 0.4) is 0 Å². The minimum Gasteiger partial charge on any atom is -0.435 e. The van der Waals surface area contributed by atoms with E-state index >= 15 is 0 Å². The van der Waals surface area contributed by atoms with Crippen LogP contribution in [0.15, 0.2) is 35.2 Å². The van der Waals surface area contributed by atoms with Crippen LogP contribution in [0.5, 0.6) is 11.6 Å². The molecule has 2 rings (SSSR count). The summed E-state index contributed by atoms with van der Waals surface area (Å²) in [5.41, 5.74) is 0. The number of ether oxygens (including phenoxy) is 1. The second kappa shape index (κ2) is 5.88. The third-order valence-corrected chi connectivity index (χ3v) is 3.19. The lowest BCUT2D eigenvalue weighted by Gasteiger charge is -2.10. The molecule has 0 spiro atoms. The lowest BCUT2D eigenvalue weighted by Crippen LogP contribution is -2.01. The molecule has 1 aromatic heterocycles. The van der Waals surface area contributed by atoms with E-state index in [1.165, 1.54) is 18.8 Å². The van der Waals surface area contributed by atoms with Gasteiger partial charge in [0.25, 0.3) is 5.88 Å². The highest BCUT2D eigenvalue weighted by Crippen LogP contribution is 2.32. The molecule has 0 radical (unpaired) electrons. The number of benzene rings is 1. The van der Waals surface area contributed by atoms with Gasteiger partial charge in [0.15, 0.2) is 17.5 Å². The average Bonchev–Trinajstić information content (AvgIpc) is 2.42. The Morgan fingerprint density at radius 1 is 1.21 bits per heavy atom. The third kappa shape index (κ3) is 2.96. The first-order valence-electron chi connectivity index (χ1n) is 5.50. The summed E-state index contributed by atoms with van der Waals surface area (Å²) in [5, 5.41) is 2.54. The van der Waals surface area contributed by atoms with E-state index in [9.17, 15) is 8.78 Å². The summed E-state index contributed by atoms with van der Waals surface area (Å²) < 4.78 is 32.3. The number of halogens is 2. The molecule has 6 heteroatoms. The smallest absolute Gasteiger partial charge is 0.258 e. The quantitative estimate of drug-likeness (QED) is 0.862. The van der Waals surface area contributed by atoms with Crippen molar-refractivity contribution in [3.05, 3.63) is 42.0 Å². The molecule has 1 N–H and O–H groups in total. The minimum atomic E-state index is -0.840. The molecule has 0 saturated heterocycles. The van der Waals surface area contributed by atoms with Gasteiger partial charge >= 0.3 is 0 Å². The molecule has 19 heavy (non-hydrogen) atoms. The molecule has 0 amide bonds. The van der Waals surface area contributed by atoms with E-state index in [0.717, 1.165) is 11.0 Å². The van der Waals surface area contributed by atoms with Crippen LogP contribution in [0.2, 0.25) is 0 Å². The molecular formula is C13H12F2N2OS. The summed E-state index contributed by atoms with van der Waals surface area (Å²) in [7, 11) is 1.50. The largest absolute Gasteiger partial charge is 0.435 e. The molecule has 100 valence electrons. The Labute approximate surface area is 114 Å². The van der Waals surface area contributed by atoms with Crippen molar-refractivity contribution >= 4 is 17.6 Å². The van der Waals surface area contributed by atoms with Gasteiger partial charge in [-0.25, -0.2) is 8.78 Å². The number of pyridine rings is 1. The number of thioether (sulfide) groups is 1. The van der Waals surface area contributed by atoms with Crippen molar-refractivity contribution in [3.8, 4) is 11.6 Å². The van der Waals surface area contributed by atoms with Gasteiger partial charge in [-0.05, 0) is 18.4 Å². The Bertz CT molecular complexity index is 593. The average molecular weight is 282 g/mol. The lowest BCUT2D eigenvalue weighted by molar-refractivity contribution is 0.410. The number of nitrogens with zero attached hydrogens (tertiary/aromatic N) is 1. The molecule has 1 aromatic carbocycles. The van der Waals surface area contributed by atoms with E-state index in [1.807, 2.05) is 18.4 Å². The maximum absolute atomic E-state index is 13.6. The number of rotatable bonds is 4. The van der Waals surface area contributed by atoms with Crippen LogP contribution in [0, 0.1) is 11.6 Å². The van der Waals surface area contributed by atoms with Gasteiger partial charge in [0.1, 0.15) is 5.75 Å². The molecule has 0 unspecified atom stereocenters. The van der Waals surface area contributed by atoms with E-state index in [-0.39, 0.29) is 11.7 Å². The SMILES string of the molecule is CNc1nc(Oc2ccccc2SC)c(F)cc1F. The highest BCUT2D eigenvalue weighted by atomic mass is 32.2. The maximum atomic E-state index is 13.6. The Morgan fingerprint density at radius 3 is 2.63 bits per heavy atom. The minimum absolute atomic E-state index is 0.0574. The molecule has 2 aromatic rings. The topological polar surface area (TPSA) is 34.2 Å². The molecule has 0 bridgehead atoms. The molecule has 3 nitrogen and oxygen atoms in total. The van der Waals surface area contributed by atoms with E-state index in [0.29, 0.717) is 5.75 Å². The second-order valence-electron chi connectivity index (χ2n) is 3.61. The monoisotopic (exact) mass is 282 g/mol. The zero-order chi connectivity index (χ0) is 13.8. The zero-order valence-electron chi connectivity index (χ0n) is 10.4. The first-order chi connectivity index (χ1) is 9.15. The summed E-state index contributed by atoms with van der Waals surface area (Å²) >= 11 is 1.47. The van der Waals surface area contributed by atoms with Gasteiger partial charge < -0.3 is 10.1 Å². The van der Waals surface area contributed by atoms with Crippen molar-refractivity contribution in [2.24, 2.45) is 0 Å². The molecular weight excluding hydrogens is 270 g/mol. The van der Waals surface area contributed by atoms with Crippen molar-refractivity contribution in [2.75, 3.05) is 18.6 Å². The van der Waals surface area contributed by atoms with Crippen LogP contribution in [-0.2, 0) is 0 Å². The normalized spacial score (nSPS) is 10.3. The predicted molar refractivity (Wildman–Crippen MR) is 72.0 cm³/mol. The van der Waals surface area contributed by atoms with Gasteiger partial charge in [-0.2, -0.15) is 4.98 Å². The van der Waals surface area contributed by atoms with Crippen LogP contribution in [0.1, 0.15) is 0 Å². The fourth-order valence-corrected chi connectivity index (χ4v) is 2.03. The standard InChI is InChI=1S/C13H12F2N2OS/c1-16-12-8(14)7-9(15)13(17-12)18-10-5-3-4-6-11(10)19-2/h3-7H,1-2H3,(H,16,17). The van der Waals surface area contributed by atoms with Crippen molar-refractivity contribution in [1.82, 2.24) is 4.98 Å². The second-order valence-corrected chi connectivity index (χ2v) is 4.46. The number of hydrogen-bond acceptors (Lipinski definition) is 4. The highest BCUT2D eigenvalue weighted by molar-refractivity contribution is 7.98. The van der Waals surface area contributed by atoms with E-state index in [1.54, 1.807) is 12.1 Å². The van der Waals surface area contributed by atoms with E-state index in [4.69, 9.17) is 4.74 Å². The fourth-order valence-electron chi connectivity index (χ4n) is 1.50. The van der Waals surface area contributed by atoms with Crippen LogP contribution < -0.4 is 10.1 Å². The van der Waals surface area contributed by atoms with Gasteiger partial charge in [0.2, 0.25) is 0 Å². The Hall–Kier alpha value is -1.82. The van der Waals surface area contributed by atoms with Gasteiger partial charge in [-0.1, -0.05) is 12.1 Å². The van der Waals surface area contributed by atoms with Gasteiger partial charge in [0, 0.05) is 18.0 Å². The van der Waals surface area contributed by atoms with Gasteiger partial charge in [-0.3, -0.25) is 0 Å². The summed E-state index contributed by atoms with van der Waals surface area (Å²) in [6.45, 7) is 0. The van der Waals surface area contributed by atoms with Crippen LogP contribution in [-0.4, -0.2) is 18.3 Å². The van der Waals surface area contributed by atoms with Crippen molar-refractivity contribution in [2.45, 2.75) is 4.90 Å². The van der Waals surface area contributed by atoms with Crippen LogP contribution in [0.25, 0.3) is 0 Å². The van der Waals surface area contributed by atoms with Crippen LogP contribution in [0.4, 0.5) is 14.6 Å². The molecule has 0 saturated carbocycles. The zero-order valence-corrected chi connectivity index (χ0v) is 11.2. The van der Waals surface area contributed by atoms with Crippen molar-refractivity contribution in [1.29, 1.82) is 0 Å². The third-order valence-electron chi connectivity index (χ3n) is 2.41. The molecule has 0 fully saturated rings.